The molecule has 4 heteroatoms. The largest absolute Gasteiger partial charge is 0.352 e. The lowest BCUT2D eigenvalue weighted by atomic mass is 10.2. The van der Waals surface area contributed by atoms with Crippen LogP contribution in [0.15, 0.2) is 35.2 Å². The lowest BCUT2D eigenvalue weighted by Gasteiger charge is -1.89. The molecule has 0 fully saturated rings. The fourth-order valence-corrected chi connectivity index (χ4v) is 1.88. The van der Waals surface area contributed by atoms with Crippen molar-refractivity contribution in [3.05, 3.63) is 35.2 Å². The number of nitrogens with zero attached hydrogens (tertiary/aromatic N) is 2. The maximum absolute atomic E-state index is 4.34. The highest BCUT2D eigenvalue weighted by Crippen LogP contribution is 2.23. The fraction of sp³-hybridized carbons (Fsp3) is 0. The van der Waals surface area contributed by atoms with E-state index in [-0.39, 0.29) is 0 Å². The minimum atomic E-state index is 0.620. The van der Waals surface area contributed by atoms with Crippen molar-refractivity contribution in [1.82, 2.24) is 15.0 Å². The molecule has 0 aliphatic carbocycles. The fourth-order valence-electron chi connectivity index (χ4n) is 1.60. The molecule has 3 nitrogen and oxygen atoms in total. The maximum atomic E-state index is 4.34. The Kier molecular flexibility index (Phi) is 1.58. The van der Waals surface area contributed by atoms with E-state index in [4.69, 9.17) is 0 Å². The van der Waals surface area contributed by atoms with E-state index >= 15 is 0 Å². The first-order chi connectivity index (χ1) is 6.84. The predicted octanol–water partition coefficient (Wildman–Crippen LogP) is 2.87. The van der Waals surface area contributed by atoms with Crippen LogP contribution in [0.25, 0.3) is 21.9 Å². The summed E-state index contributed by atoms with van der Waals surface area (Å²) in [5.41, 5.74) is 3.02. The standard InChI is InChI=1S/C10H6BrN3/c11-10-12-5-8-9(14-10)6-3-1-2-4-7(6)13-8/h1-5,13H. The predicted molar refractivity (Wildman–Crippen MR) is 59.1 cm³/mol. The molecule has 0 unspecified atom stereocenters. The molecule has 2 heterocycles. The Morgan fingerprint density at radius 2 is 2.00 bits per heavy atom. The number of nitrogens with one attached hydrogen (secondary N) is 1. The summed E-state index contributed by atoms with van der Waals surface area (Å²) in [5.74, 6) is 0. The van der Waals surface area contributed by atoms with Gasteiger partial charge in [0.1, 0.15) is 5.52 Å². The van der Waals surface area contributed by atoms with Gasteiger partial charge < -0.3 is 4.98 Å². The second kappa shape index (κ2) is 2.78. The minimum Gasteiger partial charge on any atom is -0.352 e. The number of para-hydroxylation sites is 1. The first-order valence-electron chi connectivity index (χ1n) is 4.23. The molecule has 0 aliphatic rings. The van der Waals surface area contributed by atoms with Gasteiger partial charge in [-0.2, -0.15) is 0 Å². The van der Waals surface area contributed by atoms with Crippen molar-refractivity contribution < 1.29 is 0 Å². The molecule has 2 aromatic heterocycles. The van der Waals surface area contributed by atoms with Gasteiger partial charge in [0.25, 0.3) is 0 Å². The van der Waals surface area contributed by atoms with E-state index in [0.29, 0.717) is 4.73 Å². The molecule has 0 amide bonds. The summed E-state index contributed by atoms with van der Waals surface area (Å²) in [7, 11) is 0. The molecule has 1 aromatic carbocycles. The summed E-state index contributed by atoms with van der Waals surface area (Å²) in [6.45, 7) is 0. The normalized spacial score (nSPS) is 11.2. The van der Waals surface area contributed by atoms with Crippen LogP contribution >= 0.6 is 15.9 Å². The number of hydrogen-bond donors (Lipinski definition) is 1. The Morgan fingerprint density at radius 3 is 2.93 bits per heavy atom. The van der Waals surface area contributed by atoms with Crippen LogP contribution in [0.1, 0.15) is 0 Å². The number of rotatable bonds is 0. The molecule has 0 radical (unpaired) electrons. The first kappa shape index (κ1) is 7.94. The van der Waals surface area contributed by atoms with Crippen LogP contribution < -0.4 is 0 Å². The summed E-state index contributed by atoms with van der Waals surface area (Å²) >= 11 is 3.27. The highest BCUT2D eigenvalue weighted by molar-refractivity contribution is 9.10. The Morgan fingerprint density at radius 1 is 1.14 bits per heavy atom. The summed E-state index contributed by atoms with van der Waals surface area (Å²) in [5, 5.41) is 1.13. The van der Waals surface area contributed by atoms with Crippen molar-refractivity contribution in [2.45, 2.75) is 0 Å². The zero-order valence-electron chi connectivity index (χ0n) is 7.16. The highest BCUT2D eigenvalue weighted by atomic mass is 79.9. The van der Waals surface area contributed by atoms with E-state index in [1.165, 1.54) is 0 Å². The van der Waals surface area contributed by atoms with Crippen molar-refractivity contribution in [1.29, 1.82) is 0 Å². The molecule has 0 aliphatic heterocycles. The molecule has 3 rings (SSSR count). The van der Waals surface area contributed by atoms with Crippen molar-refractivity contribution in [2.24, 2.45) is 0 Å². The van der Waals surface area contributed by atoms with E-state index in [1.807, 2.05) is 24.3 Å². The number of fused-ring (bicyclic) bond motifs is 3. The van der Waals surface area contributed by atoms with Crippen LogP contribution in [0.4, 0.5) is 0 Å². The quantitative estimate of drug-likeness (QED) is 0.621. The molecule has 68 valence electrons. The smallest absolute Gasteiger partial charge is 0.197 e. The minimum absolute atomic E-state index is 0.620. The number of benzene rings is 1. The lowest BCUT2D eigenvalue weighted by Crippen LogP contribution is -1.80. The van der Waals surface area contributed by atoms with Gasteiger partial charge in [-0.3, -0.25) is 0 Å². The Hall–Kier alpha value is -1.42. The van der Waals surface area contributed by atoms with Gasteiger partial charge in [-0.05, 0) is 22.0 Å². The third kappa shape index (κ3) is 1.04. The zero-order valence-corrected chi connectivity index (χ0v) is 8.75. The summed E-state index contributed by atoms with van der Waals surface area (Å²) in [6, 6.07) is 8.09. The number of H-pyrrole nitrogens is 1. The summed E-state index contributed by atoms with van der Waals surface area (Å²) < 4.78 is 0.620. The van der Waals surface area contributed by atoms with Crippen LogP contribution in [0.2, 0.25) is 0 Å². The van der Waals surface area contributed by atoms with E-state index < -0.39 is 0 Å². The second-order valence-electron chi connectivity index (χ2n) is 3.07. The van der Waals surface area contributed by atoms with Gasteiger partial charge in [0.2, 0.25) is 0 Å². The van der Waals surface area contributed by atoms with E-state index in [2.05, 4.69) is 30.9 Å². The molecule has 0 spiro atoms. The third-order valence-electron chi connectivity index (χ3n) is 2.21. The molecule has 0 bridgehead atoms. The summed E-state index contributed by atoms with van der Waals surface area (Å²) in [4.78, 5) is 11.7. The van der Waals surface area contributed by atoms with Crippen molar-refractivity contribution in [3.63, 3.8) is 0 Å². The number of aromatic nitrogens is 3. The van der Waals surface area contributed by atoms with Crippen molar-refractivity contribution in [2.75, 3.05) is 0 Å². The molecule has 0 saturated heterocycles. The van der Waals surface area contributed by atoms with Crippen molar-refractivity contribution in [3.8, 4) is 0 Å². The number of hydrogen-bond acceptors (Lipinski definition) is 2. The molecule has 1 N–H and O–H groups in total. The highest BCUT2D eigenvalue weighted by Gasteiger charge is 2.04. The Bertz CT molecular complexity index is 615. The van der Waals surface area contributed by atoms with E-state index in [9.17, 15) is 0 Å². The van der Waals surface area contributed by atoms with Crippen LogP contribution in [0.3, 0.4) is 0 Å². The molecule has 0 atom stereocenters. The van der Waals surface area contributed by atoms with Crippen molar-refractivity contribution >= 4 is 37.9 Å². The lowest BCUT2D eigenvalue weighted by molar-refractivity contribution is 1.16. The monoisotopic (exact) mass is 247 g/mol. The number of aromatic amines is 1. The zero-order chi connectivity index (χ0) is 9.54. The van der Waals surface area contributed by atoms with Crippen LogP contribution in [0.5, 0.6) is 0 Å². The molecule has 3 aromatic rings. The molecule has 0 saturated carbocycles. The topological polar surface area (TPSA) is 41.6 Å². The first-order valence-corrected chi connectivity index (χ1v) is 5.03. The third-order valence-corrected chi connectivity index (χ3v) is 2.59. The Balaban J connectivity index is 2.58. The van der Waals surface area contributed by atoms with Gasteiger partial charge in [0.05, 0.1) is 11.7 Å². The SMILES string of the molecule is Brc1ncc2[nH]c3ccccc3c2n1. The van der Waals surface area contributed by atoms with E-state index in [0.717, 1.165) is 21.9 Å². The molecular weight excluding hydrogens is 242 g/mol. The van der Waals surface area contributed by atoms with E-state index in [1.54, 1.807) is 6.20 Å². The van der Waals surface area contributed by atoms with Gasteiger partial charge in [0.15, 0.2) is 4.73 Å². The Labute approximate surface area is 88.3 Å². The maximum Gasteiger partial charge on any atom is 0.197 e. The van der Waals surface area contributed by atoms with Gasteiger partial charge in [-0.15, -0.1) is 0 Å². The van der Waals surface area contributed by atoms with Crippen LogP contribution in [-0.4, -0.2) is 15.0 Å². The average molecular weight is 248 g/mol. The summed E-state index contributed by atoms with van der Waals surface area (Å²) in [6.07, 6.45) is 1.78. The molecular formula is C10H6BrN3. The van der Waals surface area contributed by atoms with Crippen LogP contribution in [0, 0.1) is 0 Å². The second-order valence-corrected chi connectivity index (χ2v) is 3.78. The van der Waals surface area contributed by atoms with Gasteiger partial charge in [-0.1, -0.05) is 18.2 Å². The van der Waals surface area contributed by atoms with Gasteiger partial charge in [0, 0.05) is 10.9 Å². The average Bonchev–Trinajstić information content (AvgIpc) is 2.56. The number of halogens is 1. The van der Waals surface area contributed by atoms with Crippen LogP contribution in [-0.2, 0) is 0 Å². The van der Waals surface area contributed by atoms with Gasteiger partial charge >= 0.3 is 0 Å². The molecule has 14 heavy (non-hydrogen) atoms. The van der Waals surface area contributed by atoms with Gasteiger partial charge in [-0.25, -0.2) is 9.97 Å².